The van der Waals surface area contributed by atoms with Crippen LogP contribution in [0.4, 0.5) is 5.82 Å². The third kappa shape index (κ3) is 2.24. The number of aromatic nitrogens is 1. The molecular weight excluding hydrogens is 220 g/mol. The van der Waals surface area contributed by atoms with Gasteiger partial charge < -0.3 is 9.26 Å². The maximum Gasteiger partial charge on any atom is 0.242 e. The summed E-state index contributed by atoms with van der Waals surface area (Å²) in [4.78, 5) is 13.4. The van der Waals surface area contributed by atoms with Crippen molar-refractivity contribution < 1.29 is 14.1 Å². The molecule has 0 saturated carbocycles. The summed E-state index contributed by atoms with van der Waals surface area (Å²) in [6.45, 7) is 1.93. The van der Waals surface area contributed by atoms with E-state index in [0.717, 1.165) is 16.9 Å². The molecule has 0 aliphatic heterocycles. The van der Waals surface area contributed by atoms with E-state index in [1.807, 2.05) is 25.1 Å². The van der Waals surface area contributed by atoms with Gasteiger partial charge in [0, 0.05) is 11.6 Å². The van der Waals surface area contributed by atoms with Gasteiger partial charge in [-0.3, -0.25) is 0 Å². The van der Waals surface area contributed by atoms with E-state index in [9.17, 15) is 4.79 Å². The molecule has 0 aliphatic rings. The monoisotopic (exact) mass is 230 g/mol. The molecule has 2 rings (SSSR count). The Morgan fingerprint density at radius 1 is 1.41 bits per heavy atom. The van der Waals surface area contributed by atoms with E-state index in [0.29, 0.717) is 5.76 Å². The first-order chi connectivity index (χ1) is 8.24. The number of ether oxygens (including phenoxy) is 1. The van der Waals surface area contributed by atoms with Crippen LogP contribution < -0.4 is 4.74 Å². The summed E-state index contributed by atoms with van der Waals surface area (Å²) in [5.74, 6) is 1.56. The fourth-order valence-electron chi connectivity index (χ4n) is 1.53. The molecule has 0 radical (unpaired) electrons. The molecule has 0 atom stereocenters. The summed E-state index contributed by atoms with van der Waals surface area (Å²) in [6.07, 6.45) is 1.41. The van der Waals surface area contributed by atoms with Crippen molar-refractivity contribution >= 4 is 11.9 Å². The number of nitrogens with zero attached hydrogens (tertiary/aromatic N) is 2. The number of benzene rings is 1. The molecule has 86 valence electrons. The summed E-state index contributed by atoms with van der Waals surface area (Å²) >= 11 is 0. The zero-order valence-electron chi connectivity index (χ0n) is 9.43. The SMILES string of the molecule is COc1ccc(-c2cc(N=C=O)no2)cc1C. The number of hydrogen-bond acceptors (Lipinski definition) is 5. The summed E-state index contributed by atoms with van der Waals surface area (Å²) < 4.78 is 10.2. The molecular formula is C12H10N2O3. The molecule has 0 bridgehead atoms. The topological polar surface area (TPSA) is 64.7 Å². The van der Waals surface area contributed by atoms with Gasteiger partial charge in [0.1, 0.15) is 5.75 Å². The smallest absolute Gasteiger partial charge is 0.242 e. The number of isocyanates is 1. The van der Waals surface area contributed by atoms with Crippen molar-refractivity contribution in [3.8, 4) is 17.1 Å². The highest BCUT2D eigenvalue weighted by atomic mass is 16.5. The van der Waals surface area contributed by atoms with Crippen LogP contribution >= 0.6 is 0 Å². The van der Waals surface area contributed by atoms with Crippen LogP contribution in [0.15, 0.2) is 33.8 Å². The van der Waals surface area contributed by atoms with E-state index >= 15 is 0 Å². The van der Waals surface area contributed by atoms with Crippen LogP contribution in [0, 0.1) is 6.92 Å². The van der Waals surface area contributed by atoms with Gasteiger partial charge in [0.15, 0.2) is 5.76 Å². The van der Waals surface area contributed by atoms with Gasteiger partial charge in [-0.2, -0.15) is 0 Å². The molecule has 0 N–H and O–H groups in total. The number of aryl methyl sites for hydroxylation is 1. The van der Waals surface area contributed by atoms with Gasteiger partial charge in [-0.15, -0.1) is 4.99 Å². The second-order valence-corrected chi connectivity index (χ2v) is 3.44. The maximum absolute atomic E-state index is 10.1. The van der Waals surface area contributed by atoms with E-state index in [2.05, 4.69) is 10.1 Å². The number of rotatable bonds is 3. The molecule has 5 nitrogen and oxygen atoms in total. The van der Waals surface area contributed by atoms with Gasteiger partial charge >= 0.3 is 0 Å². The first-order valence-corrected chi connectivity index (χ1v) is 4.94. The van der Waals surface area contributed by atoms with Crippen LogP contribution in [-0.2, 0) is 4.79 Å². The molecule has 0 fully saturated rings. The molecule has 17 heavy (non-hydrogen) atoms. The number of methoxy groups -OCH3 is 1. The fourth-order valence-corrected chi connectivity index (χ4v) is 1.53. The summed E-state index contributed by atoms with van der Waals surface area (Å²) in [5.41, 5.74) is 1.84. The minimum absolute atomic E-state index is 0.212. The van der Waals surface area contributed by atoms with Crippen molar-refractivity contribution in [2.45, 2.75) is 6.92 Å². The van der Waals surface area contributed by atoms with Gasteiger partial charge in [0.05, 0.1) is 7.11 Å². The first kappa shape index (κ1) is 11.1. The minimum Gasteiger partial charge on any atom is -0.496 e. The van der Waals surface area contributed by atoms with Crippen LogP contribution in [0.1, 0.15) is 5.56 Å². The third-order valence-corrected chi connectivity index (χ3v) is 2.34. The predicted octanol–water partition coefficient (Wildman–Crippen LogP) is 2.63. The van der Waals surface area contributed by atoms with Gasteiger partial charge in [-0.05, 0) is 30.7 Å². The lowest BCUT2D eigenvalue weighted by atomic mass is 10.1. The lowest BCUT2D eigenvalue weighted by Gasteiger charge is -2.04. The molecule has 0 amide bonds. The van der Waals surface area contributed by atoms with Crippen molar-refractivity contribution in [1.82, 2.24) is 5.16 Å². The van der Waals surface area contributed by atoms with Gasteiger partial charge in [-0.1, -0.05) is 5.16 Å². The average molecular weight is 230 g/mol. The van der Waals surface area contributed by atoms with Crippen LogP contribution in [-0.4, -0.2) is 18.3 Å². The second kappa shape index (κ2) is 4.63. The Morgan fingerprint density at radius 2 is 2.24 bits per heavy atom. The fraction of sp³-hybridized carbons (Fsp3) is 0.167. The summed E-state index contributed by atoms with van der Waals surface area (Å²) in [5, 5.41) is 3.62. The summed E-state index contributed by atoms with van der Waals surface area (Å²) in [7, 11) is 1.62. The van der Waals surface area contributed by atoms with Gasteiger partial charge in [-0.25, -0.2) is 4.79 Å². The minimum atomic E-state index is 0.212. The number of hydrogen-bond donors (Lipinski definition) is 0. The van der Waals surface area contributed by atoms with E-state index in [1.165, 1.54) is 6.08 Å². The van der Waals surface area contributed by atoms with Crippen LogP contribution in [0.5, 0.6) is 5.75 Å². The zero-order chi connectivity index (χ0) is 12.3. The van der Waals surface area contributed by atoms with Gasteiger partial charge in [0.25, 0.3) is 0 Å². The Kier molecular flexibility index (Phi) is 3.03. The highest BCUT2D eigenvalue weighted by molar-refractivity contribution is 5.63. The molecule has 0 unspecified atom stereocenters. The molecule has 0 spiro atoms. The Hall–Kier alpha value is -2.39. The van der Waals surface area contributed by atoms with Crippen molar-refractivity contribution in [1.29, 1.82) is 0 Å². The standard InChI is InChI=1S/C12H10N2O3/c1-8-5-9(3-4-10(8)16-2)11-6-12(13-7-15)14-17-11/h3-6H,1-2H3. The van der Waals surface area contributed by atoms with E-state index in [1.54, 1.807) is 13.2 Å². The normalized spacial score (nSPS) is 9.76. The average Bonchev–Trinajstić information content (AvgIpc) is 2.78. The van der Waals surface area contributed by atoms with Crippen LogP contribution in [0.25, 0.3) is 11.3 Å². The number of aliphatic imine (C=N–C) groups is 1. The highest BCUT2D eigenvalue weighted by Crippen LogP contribution is 2.28. The molecule has 0 saturated heterocycles. The molecule has 0 aliphatic carbocycles. The summed E-state index contributed by atoms with van der Waals surface area (Å²) in [6, 6.07) is 7.18. The van der Waals surface area contributed by atoms with Crippen LogP contribution in [0.3, 0.4) is 0 Å². The molecule has 2 aromatic rings. The van der Waals surface area contributed by atoms with Crippen molar-refractivity contribution in [3.63, 3.8) is 0 Å². The zero-order valence-corrected chi connectivity index (χ0v) is 9.43. The maximum atomic E-state index is 10.1. The molecule has 1 aromatic carbocycles. The van der Waals surface area contributed by atoms with E-state index < -0.39 is 0 Å². The number of carbonyl (C=O) groups excluding carboxylic acids is 1. The molecule has 1 heterocycles. The van der Waals surface area contributed by atoms with Crippen LogP contribution in [0.2, 0.25) is 0 Å². The Balaban J connectivity index is 2.38. The van der Waals surface area contributed by atoms with Crippen molar-refractivity contribution in [2.75, 3.05) is 7.11 Å². The predicted molar refractivity (Wildman–Crippen MR) is 61.0 cm³/mol. The largest absolute Gasteiger partial charge is 0.496 e. The second-order valence-electron chi connectivity index (χ2n) is 3.44. The Labute approximate surface area is 97.7 Å². The Bertz CT molecular complexity index is 583. The van der Waals surface area contributed by atoms with E-state index in [4.69, 9.17) is 9.26 Å². The molecule has 5 heteroatoms. The first-order valence-electron chi connectivity index (χ1n) is 4.94. The van der Waals surface area contributed by atoms with Gasteiger partial charge in [0.2, 0.25) is 11.9 Å². The third-order valence-electron chi connectivity index (χ3n) is 2.34. The highest BCUT2D eigenvalue weighted by Gasteiger charge is 2.08. The lowest BCUT2D eigenvalue weighted by Crippen LogP contribution is -1.86. The quantitative estimate of drug-likeness (QED) is 0.600. The van der Waals surface area contributed by atoms with Crippen molar-refractivity contribution in [3.05, 3.63) is 29.8 Å². The molecule has 1 aromatic heterocycles. The lowest BCUT2D eigenvalue weighted by molar-refractivity contribution is 0.411. The van der Waals surface area contributed by atoms with Crippen molar-refractivity contribution in [2.24, 2.45) is 4.99 Å². The Morgan fingerprint density at radius 3 is 2.88 bits per heavy atom. The van der Waals surface area contributed by atoms with E-state index in [-0.39, 0.29) is 5.82 Å².